The zero-order chi connectivity index (χ0) is 42.9. The minimum Gasteiger partial charge on any atom is -0.311 e. The number of thiazole rings is 1. The topological polar surface area (TPSA) is 37.2 Å². The molecular weight excluding hydrogens is 786 g/mol. The molecule has 2 aliphatic heterocycles. The van der Waals surface area contributed by atoms with Crippen molar-refractivity contribution in [3.8, 4) is 16.4 Å². The summed E-state index contributed by atoms with van der Waals surface area (Å²) in [6, 6.07) is 54.4. The Labute approximate surface area is 373 Å². The van der Waals surface area contributed by atoms with E-state index in [0.29, 0.717) is 0 Å². The van der Waals surface area contributed by atoms with Gasteiger partial charge in [-0.25, -0.2) is 9.97 Å². The van der Waals surface area contributed by atoms with E-state index in [1.807, 2.05) is 12.3 Å². The summed E-state index contributed by atoms with van der Waals surface area (Å²) < 4.78 is 3.55. The summed E-state index contributed by atoms with van der Waals surface area (Å²) in [5.74, 6) is 0.907. The van der Waals surface area contributed by atoms with Crippen LogP contribution in [0.5, 0.6) is 0 Å². The van der Waals surface area contributed by atoms with Gasteiger partial charge in [-0.3, -0.25) is 4.57 Å². The average Bonchev–Trinajstić information content (AvgIpc) is 3.85. The number of aromatic nitrogens is 3. The zero-order valence-corrected chi connectivity index (χ0v) is 37.5. The molecule has 5 heterocycles. The lowest BCUT2D eigenvalue weighted by Gasteiger charge is -2.45. The molecule has 63 heavy (non-hydrogen) atoms. The Morgan fingerprint density at radius 3 is 1.87 bits per heavy atom. The molecule has 0 saturated carbocycles. The molecule has 0 atom stereocenters. The highest BCUT2D eigenvalue weighted by molar-refractivity contribution is 7.21. The van der Waals surface area contributed by atoms with Crippen molar-refractivity contribution in [3.63, 3.8) is 0 Å². The van der Waals surface area contributed by atoms with Crippen molar-refractivity contribution >= 4 is 101 Å². The van der Waals surface area contributed by atoms with Crippen molar-refractivity contribution in [2.75, 3.05) is 9.80 Å². The van der Waals surface area contributed by atoms with Crippen LogP contribution in [-0.4, -0.2) is 21.2 Å². The minimum absolute atomic E-state index is 0.0908. The maximum atomic E-state index is 5.21. The Bertz CT molecular complexity index is 3490. The zero-order valence-electron chi connectivity index (χ0n) is 36.7. The Morgan fingerprint density at radius 1 is 0.540 bits per heavy atom. The number of hydrogen-bond acceptors (Lipinski definition) is 5. The number of anilines is 6. The lowest BCUT2D eigenvalue weighted by molar-refractivity contribution is 0.590. The van der Waals surface area contributed by atoms with Gasteiger partial charge in [-0.15, -0.1) is 11.3 Å². The fourth-order valence-electron chi connectivity index (χ4n) is 10.4. The number of para-hydroxylation sites is 2. The SMILES string of the molecule is Cc1ccc(N2c3ccc(-c4nc5ccccc5s4)cc3B3c4cc5c(cc4N(c4ccc(C)cc4C)c4cc(C(C)(C)C)cc2c43)c2ccccc2n5-c2ccccn2)c(C)c1. The highest BCUT2D eigenvalue weighted by Crippen LogP contribution is 2.49. The maximum absolute atomic E-state index is 5.21. The Balaban J connectivity index is 1.25. The highest BCUT2D eigenvalue weighted by atomic mass is 32.1. The van der Waals surface area contributed by atoms with Crippen LogP contribution in [-0.2, 0) is 5.41 Å². The second-order valence-electron chi connectivity index (χ2n) is 18.6. The summed E-state index contributed by atoms with van der Waals surface area (Å²) >= 11 is 1.77. The van der Waals surface area contributed by atoms with Gasteiger partial charge >= 0.3 is 0 Å². The molecule has 0 N–H and O–H groups in total. The predicted octanol–water partition coefficient (Wildman–Crippen LogP) is 13.1. The smallest absolute Gasteiger partial charge is 0.252 e. The van der Waals surface area contributed by atoms with Crippen LogP contribution < -0.4 is 26.2 Å². The van der Waals surface area contributed by atoms with Gasteiger partial charge in [-0.05, 0) is 145 Å². The number of fused-ring (bicyclic) bond motifs is 8. The van der Waals surface area contributed by atoms with Crippen molar-refractivity contribution in [3.05, 3.63) is 180 Å². The third-order valence-corrected chi connectivity index (χ3v) is 14.4. The molecule has 0 bridgehead atoms. The number of hydrogen-bond donors (Lipinski definition) is 0. The molecule has 0 saturated heterocycles. The van der Waals surface area contributed by atoms with Gasteiger partial charge in [0.15, 0.2) is 0 Å². The lowest BCUT2D eigenvalue weighted by Crippen LogP contribution is -2.61. The summed E-state index contributed by atoms with van der Waals surface area (Å²) in [7, 11) is 0. The second kappa shape index (κ2) is 13.8. The summed E-state index contributed by atoms with van der Waals surface area (Å²) in [4.78, 5) is 15.3. The molecule has 3 aromatic heterocycles. The standard InChI is InChI=1S/C56H46BN5S/c1-33-19-22-44(35(3)26-33)60-47-24-21-37(55-59-43-15-9-11-17-52(43)63-55)28-41(47)57-42-32-48-40(39-14-8-10-16-46(39)62(48)53-18-12-13-25-58-53)31-49(42)61(45-23-20-34(2)27-36(45)4)51-30-38(56(5,6)7)29-50(60)54(51)57/h8-32H,1-7H3. The van der Waals surface area contributed by atoms with E-state index in [1.54, 1.807) is 11.3 Å². The number of nitrogens with zero attached hydrogens (tertiary/aromatic N) is 5. The van der Waals surface area contributed by atoms with E-state index in [4.69, 9.17) is 9.97 Å². The molecule has 10 aromatic rings. The van der Waals surface area contributed by atoms with Gasteiger partial charge in [0, 0.05) is 56.7 Å². The largest absolute Gasteiger partial charge is 0.311 e. The third-order valence-electron chi connectivity index (χ3n) is 13.3. The van der Waals surface area contributed by atoms with E-state index in [-0.39, 0.29) is 12.1 Å². The maximum Gasteiger partial charge on any atom is 0.252 e. The van der Waals surface area contributed by atoms with Crippen molar-refractivity contribution in [1.82, 2.24) is 14.5 Å². The van der Waals surface area contributed by atoms with Crippen LogP contribution in [0, 0.1) is 27.7 Å². The first-order chi connectivity index (χ1) is 30.5. The average molecular weight is 832 g/mol. The van der Waals surface area contributed by atoms with Gasteiger partial charge < -0.3 is 9.80 Å². The van der Waals surface area contributed by atoms with Gasteiger partial charge in [0.25, 0.3) is 6.71 Å². The molecule has 0 aliphatic carbocycles. The van der Waals surface area contributed by atoms with E-state index >= 15 is 0 Å². The third kappa shape index (κ3) is 5.76. The molecule has 0 unspecified atom stereocenters. The quantitative estimate of drug-likeness (QED) is 0.166. The fourth-order valence-corrected chi connectivity index (χ4v) is 11.3. The molecule has 12 rings (SSSR count). The van der Waals surface area contributed by atoms with Gasteiger partial charge in [0.1, 0.15) is 10.8 Å². The lowest BCUT2D eigenvalue weighted by atomic mass is 9.33. The van der Waals surface area contributed by atoms with E-state index in [1.165, 1.54) is 93.8 Å². The van der Waals surface area contributed by atoms with Gasteiger partial charge in [0.2, 0.25) is 0 Å². The number of benzene rings is 7. The van der Waals surface area contributed by atoms with E-state index in [0.717, 1.165) is 32.9 Å². The van der Waals surface area contributed by atoms with E-state index in [9.17, 15) is 0 Å². The second-order valence-corrected chi connectivity index (χ2v) is 19.6. The Hall–Kier alpha value is -6.96. The Kier molecular flexibility index (Phi) is 8.26. The molecule has 2 aliphatic rings. The van der Waals surface area contributed by atoms with Crippen LogP contribution in [0.15, 0.2) is 152 Å². The molecule has 0 fully saturated rings. The number of pyridine rings is 1. The van der Waals surface area contributed by atoms with Crippen molar-refractivity contribution in [1.29, 1.82) is 0 Å². The monoisotopic (exact) mass is 831 g/mol. The highest BCUT2D eigenvalue weighted by Gasteiger charge is 2.45. The first kappa shape index (κ1) is 37.8. The molecule has 7 heteroatoms. The van der Waals surface area contributed by atoms with Gasteiger partial charge in [-0.2, -0.15) is 0 Å². The Morgan fingerprint density at radius 2 is 1.19 bits per heavy atom. The molecule has 7 aromatic carbocycles. The van der Waals surface area contributed by atoms with Crippen LogP contribution in [0.3, 0.4) is 0 Å². The molecule has 5 nitrogen and oxygen atoms in total. The summed E-state index contributed by atoms with van der Waals surface area (Å²) in [5, 5.41) is 3.45. The van der Waals surface area contributed by atoms with E-state index < -0.39 is 0 Å². The molecular formula is C56H46BN5S. The van der Waals surface area contributed by atoms with Crippen molar-refractivity contribution in [2.45, 2.75) is 53.9 Å². The summed E-state index contributed by atoms with van der Waals surface area (Å²) in [5.41, 5.74) is 21.7. The van der Waals surface area contributed by atoms with Gasteiger partial charge in [-0.1, -0.05) is 98.6 Å². The first-order valence-electron chi connectivity index (χ1n) is 21.9. The molecule has 0 radical (unpaired) electrons. The van der Waals surface area contributed by atoms with E-state index in [2.05, 4.69) is 202 Å². The van der Waals surface area contributed by atoms with Crippen LogP contribution in [0.4, 0.5) is 34.1 Å². The number of rotatable bonds is 4. The van der Waals surface area contributed by atoms with Crippen LogP contribution in [0.2, 0.25) is 0 Å². The van der Waals surface area contributed by atoms with Crippen molar-refractivity contribution < 1.29 is 0 Å². The molecule has 304 valence electrons. The number of aryl methyl sites for hydroxylation is 4. The van der Waals surface area contributed by atoms with Crippen LogP contribution >= 0.6 is 11.3 Å². The van der Waals surface area contributed by atoms with Crippen LogP contribution in [0.1, 0.15) is 48.6 Å². The summed E-state index contributed by atoms with van der Waals surface area (Å²) in [6.45, 7) is 15.8. The van der Waals surface area contributed by atoms with Gasteiger partial charge in [0.05, 0.1) is 21.3 Å². The normalized spacial score (nSPS) is 13.2. The van der Waals surface area contributed by atoms with Crippen LogP contribution in [0.25, 0.3) is 48.4 Å². The summed E-state index contributed by atoms with van der Waals surface area (Å²) in [6.07, 6.45) is 1.90. The fraction of sp³-hybridized carbons (Fsp3) is 0.143. The first-order valence-corrected chi connectivity index (χ1v) is 22.7. The molecule has 0 spiro atoms. The predicted molar refractivity (Wildman–Crippen MR) is 269 cm³/mol. The molecule has 0 amide bonds. The minimum atomic E-state index is -0.125. The van der Waals surface area contributed by atoms with Crippen molar-refractivity contribution in [2.24, 2.45) is 0 Å².